The van der Waals surface area contributed by atoms with Gasteiger partial charge in [0, 0.05) is 6.26 Å². The minimum atomic E-state index is -3.42. The van der Waals surface area contributed by atoms with Crippen LogP contribution < -0.4 is 5.69 Å². The lowest BCUT2D eigenvalue weighted by atomic mass is 10.3. The summed E-state index contributed by atoms with van der Waals surface area (Å²) in [5, 5.41) is 8.89. The SMILES string of the molecule is CS(=O)(=O)c1ccccc1-n1nn[nH]c1=O. The molecule has 1 N–H and O–H groups in total. The third-order valence-corrected chi connectivity index (χ3v) is 3.11. The molecule has 8 heteroatoms. The predicted molar refractivity (Wildman–Crippen MR) is 55.1 cm³/mol. The van der Waals surface area contributed by atoms with Gasteiger partial charge in [-0.25, -0.2) is 18.3 Å². The van der Waals surface area contributed by atoms with E-state index in [0.29, 0.717) is 0 Å². The van der Waals surface area contributed by atoms with Gasteiger partial charge in [0.1, 0.15) is 0 Å². The molecular formula is C8H8N4O3S. The Labute approximate surface area is 90.6 Å². The highest BCUT2D eigenvalue weighted by molar-refractivity contribution is 7.90. The van der Waals surface area contributed by atoms with Crippen LogP contribution in [-0.2, 0) is 9.84 Å². The van der Waals surface area contributed by atoms with E-state index >= 15 is 0 Å². The van der Waals surface area contributed by atoms with E-state index in [-0.39, 0.29) is 10.6 Å². The zero-order chi connectivity index (χ0) is 11.8. The van der Waals surface area contributed by atoms with Crippen LogP contribution in [0.1, 0.15) is 0 Å². The van der Waals surface area contributed by atoms with Crippen molar-refractivity contribution in [2.75, 3.05) is 6.26 Å². The van der Waals surface area contributed by atoms with Crippen molar-refractivity contribution in [2.24, 2.45) is 0 Å². The Morgan fingerprint density at radius 2 is 2.00 bits per heavy atom. The van der Waals surface area contributed by atoms with E-state index in [9.17, 15) is 13.2 Å². The molecule has 0 unspecified atom stereocenters. The van der Waals surface area contributed by atoms with Crippen LogP contribution in [0.25, 0.3) is 5.69 Å². The van der Waals surface area contributed by atoms with Crippen LogP contribution in [0.15, 0.2) is 34.0 Å². The maximum atomic E-state index is 11.5. The first-order chi connectivity index (χ1) is 7.50. The van der Waals surface area contributed by atoms with Crippen molar-refractivity contribution in [1.29, 1.82) is 0 Å². The first kappa shape index (κ1) is 10.6. The van der Waals surface area contributed by atoms with Gasteiger partial charge >= 0.3 is 5.69 Å². The van der Waals surface area contributed by atoms with E-state index in [1.54, 1.807) is 12.1 Å². The summed E-state index contributed by atoms with van der Waals surface area (Å²) in [5.41, 5.74) is -0.403. The highest BCUT2D eigenvalue weighted by Gasteiger charge is 2.15. The Morgan fingerprint density at radius 1 is 1.31 bits per heavy atom. The van der Waals surface area contributed by atoms with Crippen molar-refractivity contribution >= 4 is 9.84 Å². The molecule has 84 valence electrons. The van der Waals surface area contributed by atoms with Crippen molar-refractivity contribution in [3.8, 4) is 5.69 Å². The summed E-state index contributed by atoms with van der Waals surface area (Å²) >= 11 is 0. The molecule has 2 rings (SSSR count). The minimum absolute atomic E-state index is 0.0333. The molecule has 0 saturated carbocycles. The summed E-state index contributed by atoms with van der Waals surface area (Å²) in [6.07, 6.45) is 1.07. The van der Waals surface area contributed by atoms with Gasteiger partial charge in [-0.1, -0.05) is 12.1 Å². The van der Waals surface area contributed by atoms with Gasteiger partial charge in [0.15, 0.2) is 9.84 Å². The molecule has 0 radical (unpaired) electrons. The quantitative estimate of drug-likeness (QED) is 0.752. The lowest BCUT2D eigenvalue weighted by molar-refractivity contribution is 0.600. The summed E-state index contributed by atoms with van der Waals surface area (Å²) in [4.78, 5) is 11.3. The van der Waals surface area contributed by atoms with E-state index in [1.165, 1.54) is 12.1 Å². The highest BCUT2D eigenvalue weighted by atomic mass is 32.2. The van der Waals surface area contributed by atoms with Crippen LogP contribution in [0.2, 0.25) is 0 Å². The van der Waals surface area contributed by atoms with E-state index in [2.05, 4.69) is 15.5 Å². The molecule has 7 nitrogen and oxygen atoms in total. The molecule has 0 amide bonds. The summed E-state index contributed by atoms with van der Waals surface area (Å²) in [5.74, 6) is 0. The van der Waals surface area contributed by atoms with Gasteiger partial charge in [0.2, 0.25) is 0 Å². The Balaban J connectivity index is 2.77. The molecule has 0 bridgehead atoms. The molecule has 0 spiro atoms. The lowest BCUT2D eigenvalue weighted by Gasteiger charge is -2.04. The fourth-order valence-electron chi connectivity index (χ4n) is 1.30. The second-order valence-corrected chi connectivity index (χ2v) is 5.14. The number of nitrogens with zero attached hydrogens (tertiary/aromatic N) is 3. The molecule has 0 aliphatic rings. The largest absolute Gasteiger partial charge is 0.365 e. The second kappa shape index (κ2) is 3.56. The number of hydrogen-bond acceptors (Lipinski definition) is 5. The Kier molecular flexibility index (Phi) is 2.35. The zero-order valence-corrected chi connectivity index (χ0v) is 9.10. The van der Waals surface area contributed by atoms with Crippen LogP contribution in [-0.4, -0.2) is 34.9 Å². The van der Waals surface area contributed by atoms with E-state index in [1.807, 2.05) is 0 Å². The van der Waals surface area contributed by atoms with Gasteiger partial charge in [-0.3, -0.25) is 0 Å². The van der Waals surface area contributed by atoms with Crippen LogP contribution in [0.4, 0.5) is 0 Å². The van der Waals surface area contributed by atoms with Gasteiger partial charge in [0.25, 0.3) is 0 Å². The molecule has 0 atom stereocenters. The van der Waals surface area contributed by atoms with Crippen LogP contribution in [0.3, 0.4) is 0 Å². The van der Waals surface area contributed by atoms with E-state index in [4.69, 9.17) is 0 Å². The number of rotatable bonds is 2. The molecule has 16 heavy (non-hydrogen) atoms. The Hall–Kier alpha value is -1.96. The number of tetrazole rings is 1. The van der Waals surface area contributed by atoms with Gasteiger partial charge in [-0.05, 0) is 22.6 Å². The zero-order valence-electron chi connectivity index (χ0n) is 8.28. The summed E-state index contributed by atoms with van der Waals surface area (Å²) in [6, 6.07) is 6.09. The topological polar surface area (TPSA) is 97.7 Å². The minimum Gasteiger partial charge on any atom is -0.244 e. The maximum absolute atomic E-state index is 11.5. The molecular weight excluding hydrogens is 232 g/mol. The van der Waals surface area contributed by atoms with Crippen LogP contribution in [0, 0.1) is 0 Å². The molecule has 1 aromatic carbocycles. The first-order valence-electron chi connectivity index (χ1n) is 4.30. The summed E-state index contributed by atoms with van der Waals surface area (Å²) < 4.78 is 23.9. The number of aromatic amines is 1. The van der Waals surface area contributed by atoms with Gasteiger partial charge in [0.05, 0.1) is 10.6 Å². The van der Waals surface area contributed by atoms with Gasteiger partial charge < -0.3 is 0 Å². The number of aromatic nitrogens is 4. The monoisotopic (exact) mass is 240 g/mol. The second-order valence-electron chi connectivity index (χ2n) is 3.16. The Morgan fingerprint density at radius 3 is 2.56 bits per heavy atom. The van der Waals surface area contributed by atoms with Gasteiger partial charge in [-0.2, -0.15) is 4.68 Å². The molecule has 1 heterocycles. The average molecular weight is 240 g/mol. The smallest absolute Gasteiger partial charge is 0.244 e. The van der Waals surface area contributed by atoms with Crippen molar-refractivity contribution in [1.82, 2.24) is 20.2 Å². The normalized spacial score (nSPS) is 11.6. The fourth-order valence-corrected chi connectivity index (χ4v) is 2.16. The number of para-hydroxylation sites is 1. The summed E-state index contributed by atoms with van der Waals surface area (Å²) in [6.45, 7) is 0. The van der Waals surface area contributed by atoms with Crippen molar-refractivity contribution in [3.63, 3.8) is 0 Å². The Bertz CT molecular complexity index is 670. The molecule has 0 aliphatic carbocycles. The van der Waals surface area contributed by atoms with Gasteiger partial charge in [-0.15, -0.1) is 0 Å². The predicted octanol–water partition coefficient (Wildman–Crippen LogP) is -0.641. The van der Waals surface area contributed by atoms with Crippen molar-refractivity contribution in [3.05, 3.63) is 34.7 Å². The van der Waals surface area contributed by atoms with E-state index in [0.717, 1.165) is 10.9 Å². The third kappa shape index (κ3) is 1.74. The number of H-pyrrole nitrogens is 1. The van der Waals surface area contributed by atoms with Crippen LogP contribution in [0.5, 0.6) is 0 Å². The van der Waals surface area contributed by atoms with Crippen LogP contribution >= 0.6 is 0 Å². The fraction of sp³-hybridized carbons (Fsp3) is 0.125. The molecule has 0 saturated heterocycles. The number of nitrogens with one attached hydrogen (secondary N) is 1. The van der Waals surface area contributed by atoms with Crippen molar-refractivity contribution in [2.45, 2.75) is 4.90 Å². The standard InChI is InChI=1S/C8H8N4O3S/c1-16(14,15)7-5-3-2-4-6(7)12-8(13)9-10-11-12/h2-5H,1H3,(H,9,11,13). The van der Waals surface area contributed by atoms with Crippen molar-refractivity contribution < 1.29 is 8.42 Å². The number of benzene rings is 1. The number of hydrogen-bond donors (Lipinski definition) is 1. The highest BCUT2D eigenvalue weighted by Crippen LogP contribution is 2.16. The first-order valence-corrected chi connectivity index (χ1v) is 6.19. The molecule has 1 aromatic heterocycles. The average Bonchev–Trinajstić information content (AvgIpc) is 2.63. The molecule has 0 fully saturated rings. The van der Waals surface area contributed by atoms with E-state index < -0.39 is 15.5 Å². The third-order valence-electron chi connectivity index (χ3n) is 1.97. The molecule has 0 aliphatic heterocycles. The lowest BCUT2D eigenvalue weighted by Crippen LogP contribution is -2.18. The molecule has 2 aromatic rings. The summed E-state index contributed by atoms with van der Waals surface area (Å²) in [7, 11) is -3.42. The maximum Gasteiger partial charge on any atom is 0.365 e. The number of sulfone groups is 1.